The van der Waals surface area contributed by atoms with Crippen LogP contribution in [0.2, 0.25) is 0 Å². The maximum atomic E-state index is 13.3. The fraction of sp³-hybridized carbons (Fsp3) is 0.633. The Morgan fingerprint density at radius 3 is 2.05 bits per heavy atom. The summed E-state index contributed by atoms with van der Waals surface area (Å²) < 4.78 is 20.4. The standard InChI is InChI=1S/C30H47N3O10/c1-29(2,3)42-23(34)17-16-22(33-28(39)41-19-20-13-9-8-10-14-20)25(36)32-21(24(35)26(37)40-7)15-11-12-18-31-27(38)43-30(4,5)6/h8-10,13-14,21-22,24,35H,11-12,15-19H2,1-7H3,(H,31,38)(H,32,36)(H,33,39)/t21-,22-,24?/m0/s1. The molecule has 1 rings (SSSR count). The van der Waals surface area contributed by atoms with Gasteiger partial charge in [-0.15, -0.1) is 0 Å². The lowest BCUT2D eigenvalue weighted by atomic mass is 10.0. The predicted molar refractivity (Wildman–Crippen MR) is 157 cm³/mol. The number of methoxy groups -OCH3 is 1. The highest BCUT2D eigenvalue weighted by atomic mass is 16.6. The minimum Gasteiger partial charge on any atom is -0.467 e. The van der Waals surface area contributed by atoms with Crippen LogP contribution in [0.5, 0.6) is 0 Å². The van der Waals surface area contributed by atoms with Gasteiger partial charge in [-0.1, -0.05) is 30.3 Å². The van der Waals surface area contributed by atoms with E-state index in [0.29, 0.717) is 12.8 Å². The summed E-state index contributed by atoms with van der Waals surface area (Å²) in [5.74, 6) is -2.29. The molecule has 0 saturated carbocycles. The molecule has 0 fully saturated rings. The van der Waals surface area contributed by atoms with Crippen molar-refractivity contribution in [3.8, 4) is 0 Å². The van der Waals surface area contributed by atoms with Gasteiger partial charge in [0.1, 0.15) is 23.9 Å². The molecule has 0 heterocycles. The number of carbonyl (C=O) groups excluding carboxylic acids is 5. The van der Waals surface area contributed by atoms with Crippen LogP contribution in [0.1, 0.15) is 79.2 Å². The molecule has 0 aliphatic carbocycles. The molecule has 3 atom stereocenters. The van der Waals surface area contributed by atoms with Crippen molar-refractivity contribution in [1.82, 2.24) is 16.0 Å². The Bertz CT molecular complexity index is 1050. The number of ether oxygens (including phenoxy) is 4. The van der Waals surface area contributed by atoms with Gasteiger partial charge in [0, 0.05) is 13.0 Å². The van der Waals surface area contributed by atoms with E-state index in [1.54, 1.807) is 65.8 Å². The lowest BCUT2D eigenvalue weighted by molar-refractivity contribution is -0.155. The molecule has 0 aliphatic rings. The van der Waals surface area contributed by atoms with E-state index in [1.807, 2.05) is 6.07 Å². The molecule has 0 spiro atoms. The minimum atomic E-state index is -1.70. The van der Waals surface area contributed by atoms with Crippen LogP contribution in [-0.4, -0.2) is 78.2 Å². The molecule has 1 unspecified atom stereocenters. The normalized spacial score (nSPS) is 13.5. The van der Waals surface area contributed by atoms with Gasteiger partial charge in [0.15, 0.2) is 6.10 Å². The molecule has 0 bridgehead atoms. The molecule has 0 radical (unpaired) electrons. The van der Waals surface area contributed by atoms with Gasteiger partial charge >= 0.3 is 24.1 Å². The van der Waals surface area contributed by atoms with E-state index in [2.05, 4.69) is 20.7 Å². The number of hydrogen-bond acceptors (Lipinski definition) is 10. The Morgan fingerprint density at radius 2 is 1.47 bits per heavy atom. The Kier molecular flexibility index (Phi) is 15.5. The average Bonchev–Trinajstić information content (AvgIpc) is 2.90. The van der Waals surface area contributed by atoms with E-state index in [9.17, 15) is 29.1 Å². The van der Waals surface area contributed by atoms with Crippen LogP contribution in [0.25, 0.3) is 0 Å². The highest BCUT2D eigenvalue weighted by Crippen LogP contribution is 2.13. The highest BCUT2D eigenvalue weighted by Gasteiger charge is 2.32. The van der Waals surface area contributed by atoms with Crippen molar-refractivity contribution in [1.29, 1.82) is 0 Å². The second-order valence-electron chi connectivity index (χ2n) is 11.9. The van der Waals surface area contributed by atoms with Crippen molar-refractivity contribution in [2.75, 3.05) is 13.7 Å². The van der Waals surface area contributed by atoms with Gasteiger partial charge in [-0.05, 0) is 72.8 Å². The fourth-order valence-electron chi connectivity index (χ4n) is 3.70. The zero-order valence-corrected chi connectivity index (χ0v) is 26.2. The topological polar surface area (TPSA) is 179 Å². The van der Waals surface area contributed by atoms with Gasteiger partial charge in [0.05, 0.1) is 13.2 Å². The van der Waals surface area contributed by atoms with Crippen molar-refractivity contribution >= 4 is 30.0 Å². The van der Waals surface area contributed by atoms with Crippen LogP contribution in [0, 0.1) is 0 Å². The summed E-state index contributed by atoms with van der Waals surface area (Å²) in [6.45, 7) is 10.6. The second kappa shape index (κ2) is 17.9. The molecular formula is C30H47N3O10. The molecular weight excluding hydrogens is 562 g/mol. The van der Waals surface area contributed by atoms with E-state index in [-0.39, 0.29) is 32.4 Å². The number of benzene rings is 1. The molecule has 13 nitrogen and oxygen atoms in total. The van der Waals surface area contributed by atoms with Crippen molar-refractivity contribution in [2.24, 2.45) is 0 Å². The minimum absolute atomic E-state index is 0.0475. The lowest BCUT2D eigenvalue weighted by Gasteiger charge is -2.26. The summed E-state index contributed by atoms with van der Waals surface area (Å²) in [6, 6.07) is 6.58. The van der Waals surface area contributed by atoms with Crippen molar-refractivity contribution in [3.05, 3.63) is 35.9 Å². The van der Waals surface area contributed by atoms with E-state index in [0.717, 1.165) is 12.7 Å². The first-order valence-electron chi connectivity index (χ1n) is 14.2. The SMILES string of the molecule is COC(=O)C(O)[C@H](CCCCNC(=O)OC(C)(C)C)NC(=O)[C@H](CCC(=O)OC(C)(C)C)NC(=O)OCc1ccccc1. The maximum absolute atomic E-state index is 13.3. The van der Waals surface area contributed by atoms with Crippen LogP contribution < -0.4 is 16.0 Å². The highest BCUT2D eigenvalue weighted by molar-refractivity contribution is 5.87. The predicted octanol–water partition coefficient (Wildman–Crippen LogP) is 3.12. The summed E-state index contributed by atoms with van der Waals surface area (Å²) in [6.07, 6.45) is -2.54. The number of aliphatic hydroxyl groups is 1. The third-order valence-corrected chi connectivity index (χ3v) is 5.64. The van der Waals surface area contributed by atoms with Gasteiger partial charge in [0.2, 0.25) is 5.91 Å². The fourth-order valence-corrected chi connectivity index (χ4v) is 3.70. The van der Waals surface area contributed by atoms with Gasteiger partial charge in [-0.25, -0.2) is 14.4 Å². The first-order chi connectivity index (χ1) is 20.0. The smallest absolute Gasteiger partial charge is 0.408 e. The summed E-state index contributed by atoms with van der Waals surface area (Å²) in [5, 5.41) is 18.2. The van der Waals surface area contributed by atoms with Crippen LogP contribution in [-0.2, 0) is 39.9 Å². The number of carbonyl (C=O) groups is 5. The number of hydrogen-bond donors (Lipinski definition) is 4. The summed E-state index contributed by atoms with van der Waals surface area (Å²) >= 11 is 0. The summed E-state index contributed by atoms with van der Waals surface area (Å²) in [4.78, 5) is 62.2. The molecule has 0 aliphatic heterocycles. The lowest BCUT2D eigenvalue weighted by Crippen LogP contribution is -2.54. The molecule has 0 aromatic heterocycles. The molecule has 43 heavy (non-hydrogen) atoms. The first-order valence-corrected chi connectivity index (χ1v) is 14.2. The Labute approximate surface area is 253 Å². The molecule has 13 heteroatoms. The van der Waals surface area contributed by atoms with Crippen LogP contribution >= 0.6 is 0 Å². The van der Waals surface area contributed by atoms with E-state index in [4.69, 9.17) is 14.2 Å². The Balaban J connectivity index is 2.90. The monoisotopic (exact) mass is 609 g/mol. The molecule has 0 saturated heterocycles. The first kappa shape index (κ1) is 37.2. The zero-order valence-electron chi connectivity index (χ0n) is 26.2. The molecule has 3 amide bonds. The van der Waals surface area contributed by atoms with E-state index >= 15 is 0 Å². The molecule has 1 aromatic rings. The van der Waals surface area contributed by atoms with Crippen molar-refractivity contribution in [2.45, 2.75) is 110 Å². The molecule has 242 valence electrons. The van der Waals surface area contributed by atoms with Crippen LogP contribution in [0.15, 0.2) is 30.3 Å². The Morgan fingerprint density at radius 1 is 0.837 bits per heavy atom. The molecule has 4 N–H and O–H groups in total. The van der Waals surface area contributed by atoms with E-state index in [1.165, 1.54) is 0 Å². The van der Waals surface area contributed by atoms with Gasteiger partial charge in [-0.3, -0.25) is 9.59 Å². The van der Waals surface area contributed by atoms with Gasteiger partial charge < -0.3 is 40.0 Å². The summed E-state index contributed by atoms with van der Waals surface area (Å²) in [5.41, 5.74) is -0.660. The quantitative estimate of drug-likeness (QED) is 0.131. The van der Waals surface area contributed by atoms with Gasteiger partial charge in [-0.2, -0.15) is 0 Å². The average molecular weight is 610 g/mol. The second-order valence-corrected chi connectivity index (χ2v) is 11.9. The summed E-state index contributed by atoms with van der Waals surface area (Å²) in [7, 11) is 1.10. The number of amides is 3. The third-order valence-electron chi connectivity index (χ3n) is 5.64. The largest absolute Gasteiger partial charge is 0.467 e. The van der Waals surface area contributed by atoms with Crippen molar-refractivity contribution < 1.29 is 48.0 Å². The van der Waals surface area contributed by atoms with Crippen LogP contribution in [0.4, 0.5) is 9.59 Å². The van der Waals surface area contributed by atoms with Crippen LogP contribution in [0.3, 0.4) is 0 Å². The third kappa shape index (κ3) is 17.0. The maximum Gasteiger partial charge on any atom is 0.408 e. The number of aliphatic hydroxyl groups excluding tert-OH is 1. The number of nitrogens with one attached hydrogen (secondary N) is 3. The van der Waals surface area contributed by atoms with E-state index < -0.39 is 59.4 Å². The Hall–Kier alpha value is -3.87. The number of unbranched alkanes of at least 4 members (excludes halogenated alkanes) is 1. The number of rotatable bonds is 15. The van der Waals surface area contributed by atoms with Crippen molar-refractivity contribution in [3.63, 3.8) is 0 Å². The zero-order chi connectivity index (χ0) is 32.6. The molecule has 1 aromatic carbocycles. The number of esters is 2. The number of alkyl carbamates (subject to hydrolysis) is 2. The van der Waals surface area contributed by atoms with Gasteiger partial charge in [0.25, 0.3) is 0 Å².